The van der Waals surface area contributed by atoms with Crippen LogP contribution in [0.5, 0.6) is 0 Å². The van der Waals surface area contributed by atoms with Crippen LogP contribution in [0, 0.1) is 6.92 Å². The van der Waals surface area contributed by atoms with Gasteiger partial charge in [-0.3, -0.25) is 14.0 Å². The first kappa shape index (κ1) is 22.5. The zero-order valence-electron chi connectivity index (χ0n) is 17.9. The van der Waals surface area contributed by atoms with Gasteiger partial charge >= 0.3 is 5.97 Å². The molecule has 5 aromatic rings. The lowest BCUT2D eigenvalue weighted by molar-refractivity contribution is -0.136. The summed E-state index contributed by atoms with van der Waals surface area (Å²) in [4.78, 5) is 48.1. The fourth-order valence-electron chi connectivity index (χ4n) is 3.11. The molecule has 0 aliphatic heterocycles. The normalized spacial score (nSPS) is 11.8. The molecule has 5 aromatic heterocycles. The van der Waals surface area contributed by atoms with Gasteiger partial charge in [-0.2, -0.15) is 0 Å². The van der Waals surface area contributed by atoms with E-state index >= 15 is 0 Å². The fraction of sp³-hybridized carbons (Fsp3) is 0.250. The maximum atomic E-state index is 13.3. The van der Waals surface area contributed by atoms with Gasteiger partial charge in [0.15, 0.2) is 16.4 Å². The molecule has 0 aromatic carbocycles. The molecule has 3 N–H and O–H groups in total. The molecular formula is C20H20N8O3S2. The Morgan fingerprint density at radius 2 is 2.06 bits per heavy atom. The molecule has 5 rings (SSSR count). The summed E-state index contributed by atoms with van der Waals surface area (Å²) in [6, 6.07) is -0.291. The second-order valence-corrected chi connectivity index (χ2v) is 8.68. The lowest BCUT2D eigenvalue weighted by Gasteiger charge is -2.17. The van der Waals surface area contributed by atoms with E-state index in [9.17, 15) is 9.59 Å². The zero-order valence-corrected chi connectivity index (χ0v) is 19.6. The molecule has 170 valence electrons. The van der Waals surface area contributed by atoms with Gasteiger partial charge in [-0.15, -0.1) is 22.7 Å². The number of H-pyrrole nitrogens is 1. The van der Waals surface area contributed by atoms with E-state index in [-0.39, 0.29) is 18.0 Å². The topological polar surface area (TPSA) is 151 Å². The fourth-order valence-corrected chi connectivity index (χ4v) is 4.65. The number of hydrogen-bond acceptors (Lipinski definition) is 10. The van der Waals surface area contributed by atoms with Crippen molar-refractivity contribution in [1.29, 1.82) is 0 Å². The van der Waals surface area contributed by atoms with Gasteiger partial charge in [-0.25, -0.2) is 24.9 Å². The molecule has 0 amide bonds. The van der Waals surface area contributed by atoms with E-state index in [1.165, 1.54) is 29.0 Å². The van der Waals surface area contributed by atoms with Gasteiger partial charge in [0.1, 0.15) is 16.9 Å². The first-order valence-electron chi connectivity index (χ1n) is 9.93. The number of aromatic amines is 1. The van der Waals surface area contributed by atoms with E-state index in [2.05, 4.69) is 30.2 Å². The minimum absolute atomic E-state index is 0.114. The number of aromatic nitrogens is 7. The van der Waals surface area contributed by atoms with E-state index in [1.807, 2.05) is 24.6 Å². The van der Waals surface area contributed by atoms with Crippen LogP contribution in [-0.2, 0) is 4.79 Å². The van der Waals surface area contributed by atoms with E-state index in [4.69, 9.17) is 10.1 Å². The van der Waals surface area contributed by atoms with E-state index in [0.29, 0.717) is 38.2 Å². The monoisotopic (exact) mass is 484 g/mol. The number of rotatable bonds is 5. The van der Waals surface area contributed by atoms with Crippen molar-refractivity contribution in [1.82, 2.24) is 34.3 Å². The number of fused-ring (bicyclic) bond motifs is 2. The van der Waals surface area contributed by atoms with Gasteiger partial charge in [0.2, 0.25) is 0 Å². The molecule has 1 unspecified atom stereocenters. The van der Waals surface area contributed by atoms with E-state index < -0.39 is 5.97 Å². The third-order valence-corrected chi connectivity index (χ3v) is 6.44. The number of anilines is 1. The number of nitrogens with one attached hydrogen (secondary N) is 2. The summed E-state index contributed by atoms with van der Waals surface area (Å²) in [5, 5.41) is 15.5. The number of carboxylic acid groups (broad SMARTS) is 1. The molecular weight excluding hydrogens is 464 g/mol. The van der Waals surface area contributed by atoms with Crippen LogP contribution in [0.25, 0.3) is 26.7 Å². The number of thiazole rings is 2. The summed E-state index contributed by atoms with van der Waals surface area (Å²) in [5.74, 6) is -0.144. The Bertz CT molecular complexity index is 1470. The highest BCUT2D eigenvalue weighted by Crippen LogP contribution is 2.30. The minimum atomic E-state index is -0.745. The molecule has 13 heteroatoms. The van der Waals surface area contributed by atoms with Crippen LogP contribution in [0.2, 0.25) is 0 Å². The summed E-state index contributed by atoms with van der Waals surface area (Å²) < 4.78 is 1.63. The van der Waals surface area contributed by atoms with Crippen molar-refractivity contribution in [3.63, 3.8) is 0 Å². The first-order chi connectivity index (χ1) is 15.9. The molecule has 0 saturated heterocycles. The standard InChI is InChI=1S/C17H14N8OS2.C3H6O2/c1-8-5-28-17-24-11(10(16(26)25(8)17)15-18-3-4-27-15)9(2)23-14-12-13(20-6-19-12)21-7-22-14;1-2-3(4)5/h3-7,9H,1-2H3,(H2,19,20,21,22,23);2H2,1H3,(H,4,5). The van der Waals surface area contributed by atoms with Crippen LogP contribution >= 0.6 is 22.7 Å². The number of aliphatic carboxylic acids is 1. The number of imidazole rings is 1. The lowest BCUT2D eigenvalue weighted by Crippen LogP contribution is -2.23. The van der Waals surface area contributed by atoms with Crippen molar-refractivity contribution in [3.8, 4) is 10.6 Å². The Hall–Kier alpha value is -3.71. The second kappa shape index (κ2) is 9.42. The predicted octanol–water partition coefficient (Wildman–Crippen LogP) is 3.51. The predicted molar refractivity (Wildman–Crippen MR) is 127 cm³/mol. The minimum Gasteiger partial charge on any atom is -0.481 e. The average molecular weight is 485 g/mol. The van der Waals surface area contributed by atoms with Gasteiger partial charge in [0.05, 0.1) is 23.6 Å². The largest absolute Gasteiger partial charge is 0.481 e. The Morgan fingerprint density at radius 1 is 1.27 bits per heavy atom. The number of carbonyl (C=O) groups is 1. The first-order valence-corrected chi connectivity index (χ1v) is 11.7. The van der Waals surface area contributed by atoms with Crippen LogP contribution in [0.15, 0.2) is 34.4 Å². The number of hydrogen-bond donors (Lipinski definition) is 3. The Morgan fingerprint density at radius 3 is 2.76 bits per heavy atom. The summed E-state index contributed by atoms with van der Waals surface area (Å²) in [6.45, 7) is 5.44. The maximum absolute atomic E-state index is 13.3. The molecule has 0 aliphatic carbocycles. The highest BCUT2D eigenvalue weighted by atomic mass is 32.1. The summed E-state index contributed by atoms with van der Waals surface area (Å²) in [7, 11) is 0. The third-order valence-electron chi connectivity index (χ3n) is 4.70. The molecule has 33 heavy (non-hydrogen) atoms. The van der Waals surface area contributed by atoms with Crippen LogP contribution < -0.4 is 10.9 Å². The summed E-state index contributed by atoms with van der Waals surface area (Å²) in [5.41, 5.74) is 3.16. The molecule has 0 fully saturated rings. The third kappa shape index (κ3) is 4.45. The molecule has 11 nitrogen and oxygen atoms in total. The van der Waals surface area contributed by atoms with Crippen molar-refractivity contribution in [2.45, 2.75) is 33.2 Å². The lowest BCUT2D eigenvalue weighted by atomic mass is 10.1. The molecule has 0 saturated carbocycles. The Balaban J connectivity index is 0.000000471. The SMILES string of the molecule is CCC(=O)O.Cc1csc2nc(C(C)Nc3ncnc4nc[nH]c34)c(-c3nccs3)c(=O)n12. The highest BCUT2D eigenvalue weighted by molar-refractivity contribution is 7.15. The smallest absolute Gasteiger partial charge is 0.303 e. The summed E-state index contributed by atoms with van der Waals surface area (Å²) in [6.07, 6.45) is 4.94. The van der Waals surface area contributed by atoms with Gasteiger partial charge < -0.3 is 15.4 Å². The average Bonchev–Trinajstić information content (AvgIpc) is 3.55. The number of aryl methyl sites for hydroxylation is 1. The van der Waals surface area contributed by atoms with Crippen LogP contribution in [0.1, 0.15) is 37.7 Å². The van der Waals surface area contributed by atoms with Crippen LogP contribution in [0.3, 0.4) is 0 Å². The van der Waals surface area contributed by atoms with Crippen molar-refractivity contribution >= 4 is 50.6 Å². The molecule has 5 heterocycles. The van der Waals surface area contributed by atoms with Gasteiger partial charge in [0.25, 0.3) is 5.56 Å². The Kier molecular flexibility index (Phi) is 6.42. The Labute approximate surface area is 195 Å². The number of nitrogens with zero attached hydrogens (tertiary/aromatic N) is 6. The van der Waals surface area contributed by atoms with Crippen LogP contribution in [0.4, 0.5) is 5.82 Å². The van der Waals surface area contributed by atoms with Crippen molar-refractivity contribution in [2.75, 3.05) is 5.32 Å². The molecule has 0 radical (unpaired) electrons. The van der Waals surface area contributed by atoms with Crippen molar-refractivity contribution in [3.05, 3.63) is 51.4 Å². The molecule has 0 aliphatic rings. The second-order valence-electron chi connectivity index (χ2n) is 6.95. The van der Waals surface area contributed by atoms with Gasteiger partial charge in [-0.05, 0) is 13.8 Å². The molecule has 0 bridgehead atoms. The number of carboxylic acids is 1. The maximum Gasteiger partial charge on any atom is 0.303 e. The van der Waals surface area contributed by atoms with Crippen molar-refractivity contribution < 1.29 is 9.90 Å². The summed E-state index contributed by atoms with van der Waals surface area (Å²) >= 11 is 2.86. The van der Waals surface area contributed by atoms with Gasteiger partial charge in [-0.1, -0.05) is 6.92 Å². The van der Waals surface area contributed by atoms with Crippen molar-refractivity contribution in [2.24, 2.45) is 0 Å². The molecule has 0 spiro atoms. The van der Waals surface area contributed by atoms with E-state index in [1.54, 1.807) is 23.8 Å². The van der Waals surface area contributed by atoms with Crippen LogP contribution in [-0.4, -0.2) is 45.4 Å². The zero-order chi connectivity index (χ0) is 23.5. The highest BCUT2D eigenvalue weighted by Gasteiger charge is 2.23. The quantitative estimate of drug-likeness (QED) is 0.340. The molecule has 1 atom stereocenters. The van der Waals surface area contributed by atoms with E-state index in [0.717, 1.165) is 5.69 Å². The van der Waals surface area contributed by atoms with Gasteiger partial charge in [0, 0.05) is 29.1 Å².